The molecule has 0 unspecified atom stereocenters. The monoisotopic (exact) mass is 563 g/mol. The first kappa shape index (κ1) is 26.4. The Kier molecular flexibility index (Phi) is 5.98. The summed E-state index contributed by atoms with van der Waals surface area (Å²) in [5.74, 6) is 0. The molecule has 0 saturated heterocycles. The standard InChI is InChI=1S/C38H37N3Si/c1-38(2,3)27-22-29(40-26-39(4)36-18-12-13-19-37(36)40)24-31(23-27)42(5,6)30-20-21-35-33(25-30)32-16-10-11-17-34(32)41(35)28-14-8-7-9-15-28/h7-25H,1-6H3/q+2. The Morgan fingerprint density at radius 1 is 0.643 bits per heavy atom. The zero-order valence-electron chi connectivity index (χ0n) is 25.3. The number of fused-ring (bicyclic) bond motifs is 4. The third-order valence-electron chi connectivity index (χ3n) is 8.91. The average molecular weight is 564 g/mol. The molecule has 7 rings (SSSR count). The van der Waals surface area contributed by atoms with E-state index in [0.717, 1.165) is 0 Å². The lowest BCUT2D eigenvalue weighted by atomic mass is 9.87. The summed E-state index contributed by atoms with van der Waals surface area (Å²) in [6, 6.07) is 46.1. The second kappa shape index (κ2) is 9.52. The first-order chi connectivity index (χ1) is 20.1. The van der Waals surface area contributed by atoms with Gasteiger partial charge in [0.25, 0.3) is 11.4 Å². The number of nitrogens with zero attached hydrogens (tertiary/aromatic N) is 3. The Morgan fingerprint density at radius 2 is 1.31 bits per heavy atom. The summed E-state index contributed by atoms with van der Waals surface area (Å²) in [7, 11) is -0.0320. The number of benzene rings is 5. The summed E-state index contributed by atoms with van der Waals surface area (Å²) < 4.78 is 6.72. The smallest absolute Gasteiger partial charge is 0.309 e. The third kappa shape index (κ3) is 4.18. The summed E-state index contributed by atoms with van der Waals surface area (Å²) in [4.78, 5) is 0. The van der Waals surface area contributed by atoms with Crippen molar-refractivity contribution in [3.63, 3.8) is 0 Å². The molecular weight excluding hydrogens is 527 g/mol. The van der Waals surface area contributed by atoms with E-state index < -0.39 is 8.07 Å². The molecule has 3 nitrogen and oxygen atoms in total. The molecule has 6 aromatic rings. The van der Waals surface area contributed by atoms with Crippen LogP contribution in [0.3, 0.4) is 0 Å². The fourth-order valence-electron chi connectivity index (χ4n) is 6.31. The molecule has 0 atom stereocenters. The lowest BCUT2D eigenvalue weighted by Gasteiger charge is -2.27. The Hall–Kier alpha value is -4.50. The maximum atomic E-state index is 3.57. The molecule has 0 amide bonds. The van der Waals surface area contributed by atoms with Gasteiger partial charge in [0.05, 0.1) is 11.0 Å². The van der Waals surface area contributed by atoms with Gasteiger partial charge in [-0.3, -0.25) is 0 Å². The van der Waals surface area contributed by atoms with Gasteiger partial charge in [-0.2, -0.15) is 0 Å². The van der Waals surface area contributed by atoms with Crippen LogP contribution in [-0.2, 0) is 5.41 Å². The molecule has 4 heteroatoms. The molecule has 1 aromatic heterocycles. The predicted octanol–water partition coefficient (Wildman–Crippen LogP) is 8.20. The van der Waals surface area contributed by atoms with Gasteiger partial charge in [0.15, 0.2) is 7.05 Å². The van der Waals surface area contributed by atoms with E-state index in [9.17, 15) is 0 Å². The topological polar surface area (TPSA) is 10.9 Å². The Labute approximate surface area is 249 Å². The van der Waals surface area contributed by atoms with Crippen LogP contribution in [0.15, 0.2) is 115 Å². The van der Waals surface area contributed by atoms with E-state index in [1.54, 1.807) is 0 Å². The summed E-state index contributed by atoms with van der Waals surface area (Å²) in [5, 5.41) is 5.49. The van der Waals surface area contributed by atoms with Crippen LogP contribution in [0.5, 0.6) is 0 Å². The van der Waals surface area contributed by atoms with E-state index in [4.69, 9.17) is 0 Å². The fraction of sp³-hybridized carbons (Fsp3) is 0.184. The fourth-order valence-corrected chi connectivity index (χ4v) is 8.67. The lowest BCUT2D eigenvalue weighted by molar-refractivity contribution is -0.394. The highest BCUT2D eigenvalue weighted by atomic mass is 28.3. The lowest BCUT2D eigenvalue weighted by Crippen LogP contribution is -2.53. The van der Waals surface area contributed by atoms with Gasteiger partial charge < -0.3 is 4.57 Å². The van der Waals surface area contributed by atoms with Crippen LogP contribution < -0.4 is 14.9 Å². The first-order valence-corrected chi connectivity index (χ1v) is 17.8. The number of hydrogen-bond donors (Lipinski definition) is 0. The summed E-state index contributed by atoms with van der Waals surface area (Å²) in [6.45, 7) is 11.9. The van der Waals surface area contributed by atoms with Crippen molar-refractivity contribution in [1.82, 2.24) is 9.14 Å². The van der Waals surface area contributed by atoms with Crippen LogP contribution >= 0.6 is 0 Å². The summed E-state index contributed by atoms with van der Waals surface area (Å²) in [5.41, 5.74) is 8.59. The number of rotatable bonds is 4. The van der Waals surface area contributed by atoms with E-state index >= 15 is 0 Å². The van der Waals surface area contributed by atoms with Crippen molar-refractivity contribution < 1.29 is 4.58 Å². The molecule has 0 spiro atoms. The number of hydrogen-bond acceptors (Lipinski definition) is 0. The van der Waals surface area contributed by atoms with E-state index in [0.29, 0.717) is 0 Å². The van der Waals surface area contributed by atoms with Gasteiger partial charge in [-0.25, -0.2) is 0 Å². The molecule has 5 aromatic carbocycles. The average Bonchev–Trinajstić information content (AvgIpc) is 3.51. The van der Waals surface area contributed by atoms with Gasteiger partial charge in [-0.05, 0) is 45.0 Å². The van der Waals surface area contributed by atoms with Crippen LogP contribution in [0.25, 0.3) is 27.5 Å². The third-order valence-corrected chi connectivity index (χ3v) is 12.4. The maximum absolute atomic E-state index is 3.57. The van der Waals surface area contributed by atoms with Crippen LogP contribution in [0.4, 0.5) is 17.1 Å². The van der Waals surface area contributed by atoms with E-state index in [1.807, 2.05) is 0 Å². The van der Waals surface area contributed by atoms with E-state index in [2.05, 4.69) is 176 Å². The second-order valence-corrected chi connectivity index (χ2v) is 17.5. The quantitative estimate of drug-likeness (QED) is 0.151. The molecule has 0 radical (unpaired) electrons. The molecule has 0 bridgehead atoms. The molecule has 1 aliphatic heterocycles. The molecular formula is C38H37N3Si+2. The van der Waals surface area contributed by atoms with Crippen molar-refractivity contribution in [3.8, 4) is 5.69 Å². The number of para-hydroxylation sites is 4. The zero-order chi connectivity index (χ0) is 29.2. The summed E-state index contributed by atoms with van der Waals surface area (Å²) in [6.07, 6.45) is 0. The first-order valence-electron chi connectivity index (χ1n) is 14.8. The molecule has 0 fully saturated rings. The van der Waals surface area contributed by atoms with Gasteiger partial charge in [-0.1, -0.05) is 110 Å². The molecule has 42 heavy (non-hydrogen) atoms. The van der Waals surface area contributed by atoms with Crippen molar-refractivity contribution in [3.05, 3.63) is 121 Å². The molecule has 2 heterocycles. The Morgan fingerprint density at radius 3 is 2.07 bits per heavy atom. The van der Waals surface area contributed by atoms with Crippen LogP contribution in [-0.4, -0.2) is 30.3 Å². The van der Waals surface area contributed by atoms with Gasteiger partial charge in [0, 0.05) is 40.7 Å². The largest absolute Gasteiger partial charge is 0.496 e. The van der Waals surface area contributed by atoms with Gasteiger partial charge in [0.1, 0.15) is 8.07 Å². The second-order valence-electron chi connectivity index (χ2n) is 13.0. The van der Waals surface area contributed by atoms with Crippen molar-refractivity contribution in [2.45, 2.75) is 39.3 Å². The van der Waals surface area contributed by atoms with E-state index in [-0.39, 0.29) is 5.41 Å². The van der Waals surface area contributed by atoms with Crippen LogP contribution in [0, 0.1) is 0 Å². The molecule has 0 saturated carbocycles. The van der Waals surface area contributed by atoms with Gasteiger partial charge in [-0.15, -0.1) is 0 Å². The van der Waals surface area contributed by atoms with E-state index in [1.165, 1.54) is 60.5 Å². The molecule has 1 aliphatic rings. The summed E-state index contributed by atoms with van der Waals surface area (Å²) >= 11 is 0. The van der Waals surface area contributed by atoms with Crippen LogP contribution in [0.1, 0.15) is 26.3 Å². The molecule has 206 valence electrons. The maximum Gasteiger partial charge on any atom is 0.496 e. The van der Waals surface area contributed by atoms with Crippen LogP contribution in [0.2, 0.25) is 13.1 Å². The minimum absolute atomic E-state index is 0.0213. The molecule has 0 aliphatic carbocycles. The van der Waals surface area contributed by atoms with Gasteiger partial charge in [0.2, 0.25) is 5.69 Å². The highest BCUT2D eigenvalue weighted by Gasteiger charge is 2.36. The minimum Gasteiger partial charge on any atom is -0.309 e. The zero-order valence-corrected chi connectivity index (χ0v) is 26.3. The van der Waals surface area contributed by atoms with Crippen molar-refractivity contribution in [2.24, 2.45) is 0 Å². The SMILES string of the molecule is C[N+]1=C=[N+](c2cc(C(C)(C)C)cc([Si](C)(C)c3ccc4c(c3)c3ccccc3n4-c3ccccc3)c2)c2ccccc21. The van der Waals surface area contributed by atoms with Crippen molar-refractivity contribution in [2.75, 3.05) is 7.05 Å². The highest BCUT2D eigenvalue weighted by Crippen LogP contribution is 2.35. The predicted molar refractivity (Wildman–Crippen MR) is 181 cm³/mol. The normalized spacial score (nSPS) is 13.4. The van der Waals surface area contributed by atoms with Crippen molar-refractivity contribution in [1.29, 1.82) is 0 Å². The number of aromatic nitrogens is 1. The van der Waals surface area contributed by atoms with Gasteiger partial charge >= 0.3 is 6.01 Å². The molecule has 0 N–H and O–H groups in total. The highest BCUT2D eigenvalue weighted by molar-refractivity contribution is 7.00. The Bertz CT molecular complexity index is 2080. The Balaban J connectivity index is 1.42. The van der Waals surface area contributed by atoms with Crippen molar-refractivity contribution >= 4 is 63.3 Å². The minimum atomic E-state index is -2.11.